The maximum absolute atomic E-state index is 12.7. The van der Waals surface area contributed by atoms with Crippen LogP contribution >= 0.6 is 0 Å². The average molecular weight is 545 g/mol. The van der Waals surface area contributed by atoms with Crippen molar-refractivity contribution < 1.29 is 9.13 Å². The zero-order valence-corrected chi connectivity index (χ0v) is 23.2. The Morgan fingerprint density at radius 1 is 1.15 bits per heavy atom. The van der Waals surface area contributed by atoms with Crippen molar-refractivity contribution >= 4 is 22.5 Å². The summed E-state index contributed by atoms with van der Waals surface area (Å²) in [6.07, 6.45) is 6.55. The zero-order chi connectivity index (χ0) is 27.8. The number of nitrogens with zero attached hydrogens (tertiary/aromatic N) is 9. The lowest BCUT2D eigenvalue weighted by Crippen LogP contribution is -2.21. The lowest BCUT2D eigenvalue weighted by Gasteiger charge is -2.17. The highest BCUT2D eigenvalue weighted by molar-refractivity contribution is 5.93. The van der Waals surface area contributed by atoms with E-state index in [4.69, 9.17) is 19.8 Å². The summed E-state index contributed by atoms with van der Waals surface area (Å²) in [6, 6.07) is 8.08. The van der Waals surface area contributed by atoms with E-state index in [1.807, 2.05) is 33.4 Å². The average Bonchev–Trinajstić information content (AvgIpc) is 3.62. The van der Waals surface area contributed by atoms with Gasteiger partial charge < -0.3 is 19.5 Å². The first kappa shape index (κ1) is 25.9. The fourth-order valence-corrected chi connectivity index (χ4v) is 5.15. The van der Waals surface area contributed by atoms with E-state index in [0.29, 0.717) is 42.9 Å². The Hall–Kier alpha value is -4.32. The summed E-state index contributed by atoms with van der Waals surface area (Å²) in [5, 5.41) is 13.8. The van der Waals surface area contributed by atoms with Crippen molar-refractivity contribution in [2.75, 3.05) is 32.2 Å². The molecule has 11 nitrogen and oxygen atoms in total. The molecule has 0 amide bonds. The van der Waals surface area contributed by atoms with Gasteiger partial charge >= 0.3 is 0 Å². The van der Waals surface area contributed by atoms with Crippen LogP contribution in [-0.2, 0) is 20.6 Å². The Bertz CT molecular complexity index is 1650. The number of rotatable bonds is 6. The zero-order valence-electron chi connectivity index (χ0n) is 23.2. The summed E-state index contributed by atoms with van der Waals surface area (Å²) < 4.78 is 24.8. The van der Waals surface area contributed by atoms with Gasteiger partial charge in [-0.15, -0.1) is 0 Å². The molecule has 40 heavy (non-hydrogen) atoms. The minimum absolute atomic E-state index is 0.0479. The highest BCUT2D eigenvalue weighted by Crippen LogP contribution is 2.34. The summed E-state index contributed by atoms with van der Waals surface area (Å²) in [6.45, 7) is 3.75. The minimum Gasteiger partial charge on any atom is -0.477 e. The van der Waals surface area contributed by atoms with E-state index in [-0.39, 0.29) is 12.7 Å². The van der Waals surface area contributed by atoms with E-state index < -0.39 is 0 Å². The third kappa shape index (κ3) is 4.79. The molecular formula is C28H33FN10O. The number of fused-ring (bicyclic) bond motifs is 5. The van der Waals surface area contributed by atoms with Crippen molar-refractivity contribution in [2.45, 2.75) is 32.4 Å². The molecule has 0 radical (unpaired) electrons. The molecule has 1 aliphatic heterocycles. The van der Waals surface area contributed by atoms with Crippen molar-refractivity contribution in [2.24, 2.45) is 14.1 Å². The van der Waals surface area contributed by atoms with Crippen LogP contribution < -0.4 is 10.1 Å². The van der Waals surface area contributed by atoms with E-state index in [9.17, 15) is 4.39 Å². The quantitative estimate of drug-likeness (QED) is 0.333. The molecule has 1 N–H and O–H groups in total. The lowest BCUT2D eigenvalue weighted by atomic mass is 10.2. The molecule has 12 heteroatoms. The molecule has 6 rings (SSSR count). The number of aromatic nitrogens is 8. The van der Waals surface area contributed by atoms with Crippen LogP contribution in [0.4, 0.5) is 16.0 Å². The first-order chi connectivity index (χ1) is 19.4. The summed E-state index contributed by atoms with van der Waals surface area (Å²) in [7, 11) is 5.91. The second-order valence-corrected chi connectivity index (χ2v) is 10.3. The van der Waals surface area contributed by atoms with E-state index in [1.165, 1.54) is 0 Å². The van der Waals surface area contributed by atoms with E-state index >= 15 is 0 Å². The highest BCUT2D eigenvalue weighted by Gasteiger charge is 2.22. The lowest BCUT2D eigenvalue weighted by molar-refractivity contribution is 0.260. The molecule has 0 fully saturated rings. The summed E-state index contributed by atoms with van der Waals surface area (Å²) in [4.78, 5) is 16.0. The van der Waals surface area contributed by atoms with Crippen molar-refractivity contribution in [1.82, 2.24) is 44.0 Å². The SMILES string of the molecule is C[C@H]1CCOc2c(cnn2C)-c2nccc(n2)Nc2cc3c(cn2)c(-c2ccc(CN(C)CCCF)n2C)nn31. The first-order valence-electron chi connectivity index (χ1n) is 13.5. The molecule has 0 unspecified atom stereocenters. The van der Waals surface area contributed by atoms with E-state index in [0.717, 1.165) is 46.5 Å². The number of ether oxygens (including phenoxy) is 1. The van der Waals surface area contributed by atoms with Crippen LogP contribution in [0.3, 0.4) is 0 Å². The predicted octanol–water partition coefficient (Wildman–Crippen LogP) is 4.51. The Labute approximate surface area is 231 Å². The summed E-state index contributed by atoms with van der Waals surface area (Å²) in [5.41, 5.74) is 4.70. The maximum Gasteiger partial charge on any atom is 0.222 e. The van der Waals surface area contributed by atoms with Crippen LogP contribution in [0.25, 0.3) is 33.7 Å². The van der Waals surface area contributed by atoms with Gasteiger partial charge in [-0.25, -0.2) is 19.6 Å². The molecule has 0 saturated carbocycles. The fourth-order valence-electron chi connectivity index (χ4n) is 5.15. The number of alkyl halides is 1. The molecule has 1 aliphatic rings. The monoisotopic (exact) mass is 544 g/mol. The molecular weight excluding hydrogens is 511 g/mol. The summed E-state index contributed by atoms with van der Waals surface area (Å²) in [5.74, 6) is 2.43. The molecule has 0 aromatic carbocycles. The Kier molecular flexibility index (Phi) is 6.93. The largest absolute Gasteiger partial charge is 0.477 e. The van der Waals surface area contributed by atoms with Gasteiger partial charge in [-0.2, -0.15) is 10.2 Å². The highest BCUT2D eigenvalue weighted by atomic mass is 19.1. The van der Waals surface area contributed by atoms with Gasteiger partial charge in [0, 0.05) is 63.1 Å². The Morgan fingerprint density at radius 3 is 2.88 bits per heavy atom. The second kappa shape index (κ2) is 10.7. The number of anilines is 2. The topological polar surface area (TPSA) is 104 Å². The number of aryl methyl sites for hydroxylation is 1. The number of pyridine rings is 1. The third-order valence-electron chi connectivity index (χ3n) is 7.39. The van der Waals surface area contributed by atoms with Crippen LogP contribution in [0.15, 0.2) is 42.9 Å². The normalized spacial score (nSPS) is 15.2. The number of halogens is 1. The molecule has 5 aromatic rings. The van der Waals surface area contributed by atoms with Gasteiger partial charge in [-0.05, 0) is 38.6 Å². The van der Waals surface area contributed by atoms with Crippen molar-refractivity contribution in [3.63, 3.8) is 0 Å². The van der Waals surface area contributed by atoms with E-state index in [1.54, 1.807) is 23.1 Å². The molecule has 1 atom stereocenters. The van der Waals surface area contributed by atoms with Crippen molar-refractivity contribution in [3.05, 3.63) is 48.5 Å². The second-order valence-electron chi connectivity index (χ2n) is 10.3. The predicted molar refractivity (Wildman–Crippen MR) is 151 cm³/mol. The standard InChI is InChI=1S/C28H33FN10O/c1-18-9-13-40-28-21(16-32-38(28)4)27-30-11-8-24(34-27)33-25-14-23-20(15-31-25)26(35-39(18)23)22-7-6-19(37(22)3)17-36(2)12-5-10-29/h6-8,11,14-16,18H,5,9-10,12-13,17H2,1-4H3,(H,30,31,33,34)/t18-/m0/s1. The van der Waals surface area contributed by atoms with Crippen LogP contribution in [-0.4, -0.2) is 70.9 Å². The minimum atomic E-state index is -0.305. The van der Waals surface area contributed by atoms with Crippen LogP contribution in [0.5, 0.6) is 5.88 Å². The number of hydrogen-bond donors (Lipinski definition) is 1. The number of hydrogen-bond acceptors (Lipinski definition) is 8. The first-order valence-corrected chi connectivity index (χ1v) is 13.5. The molecule has 0 spiro atoms. The van der Waals surface area contributed by atoms with Crippen molar-refractivity contribution in [1.29, 1.82) is 0 Å². The van der Waals surface area contributed by atoms with Crippen LogP contribution in [0.2, 0.25) is 0 Å². The Morgan fingerprint density at radius 2 is 2.02 bits per heavy atom. The van der Waals surface area contributed by atoms with Gasteiger partial charge in [0.15, 0.2) is 5.82 Å². The maximum atomic E-state index is 12.7. The Balaban J connectivity index is 1.40. The van der Waals surface area contributed by atoms with Crippen LogP contribution in [0.1, 0.15) is 31.5 Å². The summed E-state index contributed by atoms with van der Waals surface area (Å²) >= 11 is 0. The van der Waals surface area contributed by atoms with Gasteiger partial charge in [0.2, 0.25) is 5.88 Å². The smallest absolute Gasteiger partial charge is 0.222 e. The molecule has 0 saturated heterocycles. The molecule has 5 aromatic heterocycles. The fraction of sp³-hybridized carbons (Fsp3) is 0.393. The molecule has 208 valence electrons. The third-order valence-corrected chi connectivity index (χ3v) is 7.39. The van der Waals surface area contributed by atoms with Gasteiger partial charge in [0.05, 0.1) is 36.7 Å². The van der Waals surface area contributed by atoms with E-state index in [2.05, 4.69) is 48.6 Å². The molecule has 0 aliphatic carbocycles. The molecule has 6 heterocycles. The van der Waals surface area contributed by atoms with Crippen LogP contribution in [0, 0.1) is 0 Å². The number of nitrogens with one attached hydrogen (secondary N) is 1. The van der Waals surface area contributed by atoms with Gasteiger partial charge in [0.1, 0.15) is 22.9 Å². The van der Waals surface area contributed by atoms with Crippen molar-refractivity contribution in [3.8, 4) is 28.7 Å². The van der Waals surface area contributed by atoms with Gasteiger partial charge in [0.25, 0.3) is 0 Å². The molecule has 4 bridgehead atoms. The van der Waals surface area contributed by atoms with Gasteiger partial charge in [-0.1, -0.05) is 0 Å². The van der Waals surface area contributed by atoms with Gasteiger partial charge in [-0.3, -0.25) is 9.07 Å².